The van der Waals surface area contributed by atoms with Crippen molar-refractivity contribution in [2.45, 2.75) is 30.2 Å². The van der Waals surface area contributed by atoms with E-state index < -0.39 is 15.6 Å². The van der Waals surface area contributed by atoms with Crippen LogP contribution in [0.2, 0.25) is 0 Å². The third kappa shape index (κ3) is 4.35. The van der Waals surface area contributed by atoms with Gasteiger partial charge in [0.05, 0.1) is 4.90 Å². The van der Waals surface area contributed by atoms with Crippen molar-refractivity contribution in [1.29, 1.82) is 0 Å². The van der Waals surface area contributed by atoms with E-state index >= 15 is 0 Å². The van der Waals surface area contributed by atoms with Crippen molar-refractivity contribution >= 4 is 22.2 Å². The summed E-state index contributed by atoms with van der Waals surface area (Å²) in [6.07, 6.45) is 0. The van der Waals surface area contributed by atoms with E-state index in [2.05, 4.69) is 17.1 Å². The van der Waals surface area contributed by atoms with E-state index in [1.54, 1.807) is 12.1 Å². The number of piperazine rings is 1. The summed E-state index contributed by atoms with van der Waals surface area (Å²) in [5.41, 5.74) is 0.923. The molecule has 0 spiro atoms. The minimum absolute atomic E-state index is 0. The van der Waals surface area contributed by atoms with Crippen molar-refractivity contribution < 1.29 is 17.2 Å². The molecule has 0 aliphatic carbocycles. The molecule has 1 aromatic carbocycles. The monoisotopic (exact) mass is 340 g/mol. The predicted octanol–water partition coefficient (Wildman–Crippen LogP) is 1.90. The molecule has 1 N–H and O–H groups in total. The van der Waals surface area contributed by atoms with E-state index in [0.29, 0.717) is 12.6 Å². The number of hydrogen-bond acceptors (Lipinski definition) is 4. The van der Waals surface area contributed by atoms with Crippen molar-refractivity contribution in [2.24, 2.45) is 0 Å². The summed E-state index contributed by atoms with van der Waals surface area (Å²) in [5.74, 6) is -3.37. The topological polar surface area (TPSA) is 49.4 Å². The van der Waals surface area contributed by atoms with Crippen molar-refractivity contribution in [3.8, 4) is 0 Å². The third-order valence-electron chi connectivity index (χ3n) is 3.51. The van der Waals surface area contributed by atoms with Crippen LogP contribution in [-0.2, 0) is 16.4 Å². The van der Waals surface area contributed by atoms with Crippen LogP contribution in [0, 0.1) is 0 Å². The molecule has 0 amide bonds. The standard InChI is InChI=1S/C13H18F2N2O2S.ClH/c1-10-8-16-6-7-17(10)9-11-2-4-12(5-3-11)20(18,19)13(14)15;/h2-5,10,13,16H,6-9H2,1H3;1H/t10-;/m1./s1. The molecule has 1 fully saturated rings. The molecule has 1 heterocycles. The zero-order chi connectivity index (χ0) is 14.8. The number of nitrogens with one attached hydrogen (secondary N) is 1. The quantitative estimate of drug-likeness (QED) is 0.909. The zero-order valence-electron chi connectivity index (χ0n) is 11.6. The van der Waals surface area contributed by atoms with Gasteiger partial charge >= 0.3 is 5.76 Å². The van der Waals surface area contributed by atoms with Crippen LogP contribution in [0.3, 0.4) is 0 Å². The number of alkyl halides is 2. The first-order valence-corrected chi connectivity index (χ1v) is 8.01. The van der Waals surface area contributed by atoms with Crippen LogP contribution < -0.4 is 5.32 Å². The van der Waals surface area contributed by atoms with Gasteiger partial charge in [-0.1, -0.05) is 12.1 Å². The first-order valence-electron chi connectivity index (χ1n) is 6.47. The van der Waals surface area contributed by atoms with Gasteiger partial charge in [-0.2, -0.15) is 8.78 Å². The van der Waals surface area contributed by atoms with Crippen molar-refractivity contribution in [3.05, 3.63) is 29.8 Å². The summed E-state index contributed by atoms with van der Waals surface area (Å²) in [6, 6.07) is 6.11. The normalized spacial score (nSPS) is 20.3. The number of benzene rings is 1. The second-order valence-electron chi connectivity index (χ2n) is 4.97. The molecule has 120 valence electrons. The van der Waals surface area contributed by atoms with Crippen LogP contribution in [0.15, 0.2) is 29.2 Å². The Balaban J connectivity index is 0.00000220. The molecule has 1 atom stereocenters. The highest BCUT2D eigenvalue weighted by molar-refractivity contribution is 7.91. The van der Waals surface area contributed by atoms with Crippen LogP contribution in [0.4, 0.5) is 8.78 Å². The Bertz CT molecular complexity index is 552. The number of sulfone groups is 1. The highest BCUT2D eigenvalue weighted by Gasteiger charge is 2.26. The Morgan fingerprint density at radius 1 is 1.33 bits per heavy atom. The molecule has 1 aromatic rings. The Kier molecular flexibility index (Phi) is 6.52. The maximum Gasteiger partial charge on any atom is 0.341 e. The van der Waals surface area contributed by atoms with Crippen LogP contribution in [0.25, 0.3) is 0 Å². The van der Waals surface area contributed by atoms with E-state index in [4.69, 9.17) is 0 Å². The second kappa shape index (κ2) is 7.49. The predicted molar refractivity (Wildman–Crippen MR) is 79.6 cm³/mol. The molecule has 0 unspecified atom stereocenters. The minimum atomic E-state index is -4.49. The van der Waals surface area contributed by atoms with Gasteiger partial charge in [0.2, 0.25) is 9.84 Å². The molecule has 1 aliphatic heterocycles. The van der Waals surface area contributed by atoms with E-state index in [1.165, 1.54) is 12.1 Å². The lowest BCUT2D eigenvalue weighted by Gasteiger charge is -2.33. The SMILES string of the molecule is C[C@@H]1CNCCN1Cc1ccc(S(=O)(=O)C(F)F)cc1.Cl. The van der Waals surface area contributed by atoms with E-state index in [-0.39, 0.29) is 17.3 Å². The highest BCUT2D eigenvalue weighted by Crippen LogP contribution is 2.19. The van der Waals surface area contributed by atoms with Crippen LogP contribution in [0.1, 0.15) is 12.5 Å². The molecular weight excluding hydrogens is 322 g/mol. The summed E-state index contributed by atoms with van der Waals surface area (Å²) in [6.45, 7) is 5.55. The van der Waals surface area contributed by atoms with Gasteiger partial charge in [0.25, 0.3) is 0 Å². The van der Waals surface area contributed by atoms with Gasteiger partial charge in [-0.25, -0.2) is 8.42 Å². The minimum Gasteiger partial charge on any atom is -0.314 e. The molecule has 2 rings (SSSR count). The number of halogens is 3. The maximum atomic E-state index is 12.4. The first kappa shape index (κ1) is 18.3. The number of rotatable bonds is 4. The second-order valence-corrected chi connectivity index (χ2v) is 6.89. The van der Waals surface area contributed by atoms with E-state index in [0.717, 1.165) is 25.2 Å². The summed E-state index contributed by atoms with van der Waals surface area (Å²) < 4.78 is 47.5. The van der Waals surface area contributed by atoms with Gasteiger partial charge in [-0.05, 0) is 24.6 Å². The fourth-order valence-corrected chi connectivity index (χ4v) is 2.96. The maximum absolute atomic E-state index is 12.4. The van der Waals surface area contributed by atoms with Crippen LogP contribution in [-0.4, -0.2) is 44.8 Å². The molecular formula is C13H19ClF2N2O2S. The van der Waals surface area contributed by atoms with Gasteiger partial charge in [0.1, 0.15) is 0 Å². The lowest BCUT2D eigenvalue weighted by atomic mass is 10.1. The Morgan fingerprint density at radius 3 is 2.48 bits per heavy atom. The number of hydrogen-bond donors (Lipinski definition) is 1. The van der Waals surface area contributed by atoms with Gasteiger partial charge in [0.15, 0.2) is 0 Å². The van der Waals surface area contributed by atoms with Crippen molar-refractivity contribution in [3.63, 3.8) is 0 Å². The fourth-order valence-electron chi connectivity index (χ4n) is 2.24. The zero-order valence-corrected chi connectivity index (χ0v) is 13.3. The molecule has 4 nitrogen and oxygen atoms in total. The Hall–Kier alpha value is -0.760. The highest BCUT2D eigenvalue weighted by atomic mass is 35.5. The largest absolute Gasteiger partial charge is 0.341 e. The molecule has 8 heteroatoms. The molecule has 21 heavy (non-hydrogen) atoms. The molecule has 0 radical (unpaired) electrons. The smallest absolute Gasteiger partial charge is 0.314 e. The summed E-state index contributed by atoms with van der Waals surface area (Å²) >= 11 is 0. The number of nitrogens with zero attached hydrogens (tertiary/aromatic N) is 1. The van der Waals surface area contributed by atoms with E-state index in [1.807, 2.05) is 0 Å². The van der Waals surface area contributed by atoms with Crippen LogP contribution in [0.5, 0.6) is 0 Å². The lowest BCUT2D eigenvalue weighted by molar-refractivity contribution is 0.165. The molecule has 1 saturated heterocycles. The Morgan fingerprint density at radius 2 is 1.95 bits per heavy atom. The van der Waals surface area contributed by atoms with Gasteiger partial charge < -0.3 is 5.32 Å². The molecule has 1 aliphatic rings. The van der Waals surface area contributed by atoms with Gasteiger partial charge in [-0.3, -0.25) is 4.90 Å². The molecule has 0 bridgehead atoms. The molecule has 0 saturated carbocycles. The Labute approximate surface area is 129 Å². The molecule has 0 aromatic heterocycles. The summed E-state index contributed by atoms with van der Waals surface area (Å²) in [4.78, 5) is 1.94. The lowest BCUT2D eigenvalue weighted by Crippen LogP contribution is -2.49. The van der Waals surface area contributed by atoms with Crippen molar-refractivity contribution in [1.82, 2.24) is 10.2 Å². The van der Waals surface area contributed by atoms with Crippen LogP contribution >= 0.6 is 12.4 Å². The average Bonchev–Trinajstić information content (AvgIpc) is 2.42. The van der Waals surface area contributed by atoms with Gasteiger partial charge in [0, 0.05) is 32.2 Å². The van der Waals surface area contributed by atoms with Gasteiger partial charge in [-0.15, -0.1) is 12.4 Å². The fraction of sp³-hybridized carbons (Fsp3) is 0.538. The van der Waals surface area contributed by atoms with Crippen molar-refractivity contribution in [2.75, 3.05) is 19.6 Å². The average molecular weight is 341 g/mol. The van der Waals surface area contributed by atoms with E-state index in [9.17, 15) is 17.2 Å². The third-order valence-corrected chi connectivity index (χ3v) is 4.91. The first-order chi connectivity index (χ1) is 9.41. The summed E-state index contributed by atoms with van der Waals surface area (Å²) in [5, 5.41) is 3.29. The summed E-state index contributed by atoms with van der Waals surface area (Å²) in [7, 11) is -4.49.